The zero-order valence-electron chi connectivity index (χ0n) is 5.36. The van der Waals surface area contributed by atoms with E-state index in [4.69, 9.17) is 17.3 Å². The first kappa shape index (κ1) is 7.82. The Balaban J connectivity index is 3.28. The maximum absolute atomic E-state index is 5.67. The largest absolute Gasteiger partial charge is 0.383 e. The van der Waals surface area contributed by atoms with Gasteiger partial charge >= 0.3 is 0 Å². The Bertz CT molecular complexity index is 212. The average molecular weight is 221 g/mol. The number of anilines is 1. The molecule has 0 bridgehead atoms. The molecule has 1 aromatic rings. The molecule has 1 rings (SSSR count). The summed E-state index contributed by atoms with van der Waals surface area (Å²) in [6.45, 7) is 1.87. The lowest BCUT2D eigenvalue weighted by Gasteiger charge is -1.99. The number of nitrogens with two attached hydrogens (primary N) is 1. The Morgan fingerprint density at radius 1 is 1.70 bits per heavy atom. The van der Waals surface area contributed by atoms with E-state index < -0.39 is 0 Å². The van der Waals surface area contributed by atoms with Crippen molar-refractivity contribution in [2.75, 3.05) is 5.73 Å². The Labute approximate surface area is 72.5 Å². The molecule has 0 aliphatic heterocycles. The van der Waals surface area contributed by atoms with Crippen LogP contribution in [0, 0.1) is 6.92 Å². The highest BCUT2D eigenvalue weighted by atomic mass is 79.9. The highest BCUT2D eigenvalue weighted by Gasteiger charge is 2.00. The van der Waals surface area contributed by atoms with Crippen LogP contribution in [0.3, 0.4) is 0 Å². The topological polar surface area (TPSA) is 38.9 Å². The fraction of sp³-hybridized carbons (Fsp3) is 0.167. The van der Waals surface area contributed by atoms with Crippen molar-refractivity contribution in [2.45, 2.75) is 6.92 Å². The lowest BCUT2D eigenvalue weighted by atomic mass is 10.3. The molecule has 0 radical (unpaired) electrons. The van der Waals surface area contributed by atoms with Crippen LogP contribution in [0.2, 0.25) is 5.15 Å². The molecule has 2 N–H and O–H groups in total. The highest BCUT2D eigenvalue weighted by molar-refractivity contribution is 9.10. The molecule has 0 aliphatic carbocycles. The van der Waals surface area contributed by atoms with Gasteiger partial charge in [-0.2, -0.15) is 0 Å². The van der Waals surface area contributed by atoms with E-state index in [2.05, 4.69) is 20.9 Å². The molecule has 0 aliphatic rings. The van der Waals surface area contributed by atoms with Crippen LogP contribution in [0.1, 0.15) is 5.56 Å². The van der Waals surface area contributed by atoms with Crippen LogP contribution >= 0.6 is 27.5 Å². The smallest absolute Gasteiger partial charge is 0.139 e. The summed E-state index contributed by atoms with van der Waals surface area (Å²) in [5, 5.41) is 0.459. The van der Waals surface area contributed by atoms with Crippen LogP contribution in [-0.2, 0) is 0 Å². The molecule has 0 saturated carbocycles. The highest BCUT2D eigenvalue weighted by Crippen LogP contribution is 2.22. The first-order chi connectivity index (χ1) is 4.61. The van der Waals surface area contributed by atoms with Gasteiger partial charge in [0.1, 0.15) is 11.0 Å². The first-order valence-corrected chi connectivity index (χ1v) is 3.86. The second kappa shape index (κ2) is 2.76. The molecule has 0 saturated heterocycles. The number of hydrogen-bond donors (Lipinski definition) is 1. The van der Waals surface area contributed by atoms with Gasteiger partial charge in [-0.25, -0.2) is 4.98 Å². The number of aryl methyl sites for hydroxylation is 1. The molecule has 0 fully saturated rings. The summed E-state index contributed by atoms with van der Waals surface area (Å²) in [6.07, 6.45) is 0. The minimum absolute atomic E-state index is 0.426. The van der Waals surface area contributed by atoms with Crippen molar-refractivity contribution in [2.24, 2.45) is 0 Å². The van der Waals surface area contributed by atoms with E-state index in [-0.39, 0.29) is 0 Å². The molecule has 10 heavy (non-hydrogen) atoms. The zero-order valence-corrected chi connectivity index (χ0v) is 7.70. The van der Waals surface area contributed by atoms with Crippen molar-refractivity contribution >= 4 is 33.3 Å². The van der Waals surface area contributed by atoms with Crippen molar-refractivity contribution < 1.29 is 0 Å². The maximum Gasteiger partial charge on any atom is 0.139 e. The number of nitrogens with zero attached hydrogens (tertiary/aromatic N) is 1. The van der Waals surface area contributed by atoms with Crippen molar-refractivity contribution in [1.29, 1.82) is 0 Å². The van der Waals surface area contributed by atoms with Gasteiger partial charge in [0, 0.05) is 0 Å². The van der Waals surface area contributed by atoms with Gasteiger partial charge in [0.2, 0.25) is 0 Å². The third kappa shape index (κ3) is 1.41. The van der Waals surface area contributed by atoms with Crippen molar-refractivity contribution in [1.82, 2.24) is 4.98 Å². The molecule has 0 aromatic carbocycles. The number of nitrogen functional groups attached to an aromatic ring is 1. The molecule has 2 nitrogen and oxygen atoms in total. The summed E-state index contributed by atoms with van der Waals surface area (Å²) >= 11 is 8.91. The first-order valence-electron chi connectivity index (χ1n) is 2.69. The maximum atomic E-state index is 5.67. The van der Waals surface area contributed by atoms with E-state index in [1.807, 2.05) is 13.0 Å². The van der Waals surface area contributed by atoms with Crippen LogP contribution in [0.15, 0.2) is 10.5 Å². The number of pyridine rings is 1. The molecule has 1 aromatic heterocycles. The average Bonchev–Trinajstić information content (AvgIpc) is 1.84. The van der Waals surface area contributed by atoms with Crippen LogP contribution in [0.5, 0.6) is 0 Å². The number of hydrogen-bond acceptors (Lipinski definition) is 2. The van der Waals surface area contributed by atoms with Crippen molar-refractivity contribution in [3.8, 4) is 0 Å². The van der Waals surface area contributed by atoms with Gasteiger partial charge in [-0.05, 0) is 34.5 Å². The summed E-state index contributed by atoms with van der Waals surface area (Å²) in [5.41, 5.74) is 6.37. The molecule has 0 spiro atoms. The molecule has 4 heteroatoms. The summed E-state index contributed by atoms with van der Waals surface area (Å²) in [5.74, 6) is 0.426. The second-order valence-electron chi connectivity index (χ2n) is 1.96. The van der Waals surface area contributed by atoms with Gasteiger partial charge in [-0.3, -0.25) is 0 Å². The van der Waals surface area contributed by atoms with Crippen LogP contribution in [0.25, 0.3) is 0 Å². The van der Waals surface area contributed by atoms with Gasteiger partial charge in [0.25, 0.3) is 0 Å². The zero-order chi connectivity index (χ0) is 7.72. The molecule has 1 heterocycles. The lowest BCUT2D eigenvalue weighted by Crippen LogP contribution is -1.92. The van der Waals surface area contributed by atoms with Crippen LogP contribution in [-0.4, -0.2) is 4.98 Å². The van der Waals surface area contributed by atoms with Crippen molar-refractivity contribution in [3.63, 3.8) is 0 Å². The fourth-order valence-corrected chi connectivity index (χ4v) is 1.15. The third-order valence-electron chi connectivity index (χ3n) is 1.13. The fourth-order valence-electron chi connectivity index (χ4n) is 0.571. The molecule has 0 unspecified atom stereocenters. The van der Waals surface area contributed by atoms with Gasteiger partial charge in [0.15, 0.2) is 0 Å². The lowest BCUT2D eigenvalue weighted by molar-refractivity contribution is 1.26. The van der Waals surface area contributed by atoms with Gasteiger partial charge in [-0.1, -0.05) is 11.6 Å². The predicted octanol–water partition coefficient (Wildman–Crippen LogP) is 2.39. The minimum Gasteiger partial charge on any atom is -0.383 e. The number of halogens is 2. The van der Waals surface area contributed by atoms with Gasteiger partial charge in [-0.15, -0.1) is 0 Å². The summed E-state index contributed by atoms with van der Waals surface area (Å²) in [4.78, 5) is 3.87. The summed E-state index contributed by atoms with van der Waals surface area (Å²) < 4.78 is 0.786. The molecule has 54 valence electrons. The predicted molar refractivity (Wildman–Crippen MR) is 46.1 cm³/mol. The normalized spacial score (nSPS) is 9.90. The van der Waals surface area contributed by atoms with Gasteiger partial charge in [0.05, 0.1) is 4.47 Å². The van der Waals surface area contributed by atoms with E-state index in [0.717, 1.165) is 10.0 Å². The Hall–Kier alpha value is -0.280. The van der Waals surface area contributed by atoms with E-state index in [9.17, 15) is 0 Å². The monoisotopic (exact) mass is 220 g/mol. The van der Waals surface area contributed by atoms with E-state index in [0.29, 0.717) is 11.0 Å². The standard InChI is InChI=1S/C6H6BrClN2/c1-3-2-4(7)6(9)10-5(3)8/h2H,1H3,(H2,9,10). The van der Waals surface area contributed by atoms with Crippen LogP contribution < -0.4 is 5.73 Å². The molecule has 0 atom stereocenters. The SMILES string of the molecule is Cc1cc(Br)c(N)nc1Cl. The third-order valence-corrected chi connectivity index (χ3v) is 2.15. The number of rotatable bonds is 0. The summed E-state index contributed by atoms with van der Waals surface area (Å²) in [6, 6.07) is 1.84. The Kier molecular flexibility index (Phi) is 2.16. The number of aromatic nitrogens is 1. The van der Waals surface area contributed by atoms with E-state index in [1.165, 1.54) is 0 Å². The Morgan fingerprint density at radius 3 is 2.80 bits per heavy atom. The summed E-state index contributed by atoms with van der Waals surface area (Å²) in [7, 11) is 0. The Morgan fingerprint density at radius 2 is 2.30 bits per heavy atom. The van der Waals surface area contributed by atoms with E-state index in [1.54, 1.807) is 0 Å². The molecule has 0 amide bonds. The quantitative estimate of drug-likeness (QED) is 0.683. The van der Waals surface area contributed by atoms with Crippen molar-refractivity contribution in [3.05, 3.63) is 21.3 Å². The minimum atomic E-state index is 0.426. The second-order valence-corrected chi connectivity index (χ2v) is 3.18. The molecular weight excluding hydrogens is 215 g/mol. The van der Waals surface area contributed by atoms with Crippen LogP contribution in [0.4, 0.5) is 5.82 Å². The van der Waals surface area contributed by atoms with E-state index >= 15 is 0 Å². The molecular formula is C6H6BrClN2. The van der Waals surface area contributed by atoms with Gasteiger partial charge < -0.3 is 5.73 Å².